The molecule has 6 nitrogen and oxygen atoms in total. The third-order valence-corrected chi connectivity index (χ3v) is 6.02. The molecule has 3 rings (SSSR count). The Morgan fingerprint density at radius 2 is 1.64 bits per heavy atom. The average molecular weight is 388 g/mol. The summed E-state index contributed by atoms with van der Waals surface area (Å²) in [6.45, 7) is 9.32. The van der Waals surface area contributed by atoms with E-state index in [-0.39, 0.29) is 23.7 Å². The first kappa shape index (κ1) is 20.6. The smallest absolute Gasteiger partial charge is 0.227 e. The number of likely N-dealkylation sites (N-methyl/N-ethyl adjacent to an activating group) is 1. The number of carbonyl (C=O) groups is 2. The predicted octanol–water partition coefficient (Wildman–Crippen LogP) is 2.99. The number of piperazine rings is 1. The van der Waals surface area contributed by atoms with E-state index in [0.717, 1.165) is 64.1 Å². The number of nitrogens with zero attached hydrogens (tertiary/aromatic N) is 2. The Balaban J connectivity index is 1.48. The van der Waals surface area contributed by atoms with Gasteiger partial charge in [0, 0.05) is 38.0 Å². The van der Waals surface area contributed by atoms with Gasteiger partial charge >= 0.3 is 0 Å². The van der Waals surface area contributed by atoms with Crippen LogP contribution in [0.15, 0.2) is 24.3 Å². The Morgan fingerprint density at radius 3 is 2.29 bits per heavy atom. The highest BCUT2D eigenvalue weighted by molar-refractivity contribution is 5.94. The van der Waals surface area contributed by atoms with Crippen molar-refractivity contribution in [2.24, 2.45) is 11.8 Å². The second-order valence-corrected chi connectivity index (χ2v) is 7.73. The number of anilines is 1. The van der Waals surface area contributed by atoms with Crippen LogP contribution in [0.25, 0.3) is 0 Å². The molecular weight excluding hydrogens is 354 g/mol. The Morgan fingerprint density at radius 1 is 1.00 bits per heavy atom. The number of benzene rings is 1. The van der Waals surface area contributed by atoms with Crippen LogP contribution < -0.4 is 10.1 Å². The van der Waals surface area contributed by atoms with Gasteiger partial charge in [-0.1, -0.05) is 19.1 Å². The van der Waals surface area contributed by atoms with Gasteiger partial charge in [0.25, 0.3) is 0 Å². The zero-order valence-corrected chi connectivity index (χ0v) is 17.2. The molecule has 1 aliphatic carbocycles. The first-order valence-corrected chi connectivity index (χ1v) is 10.7. The van der Waals surface area contributed by atoms with Crippen molar-refractivity contribution < 1.29 is 14.3 Å². The molecule has 28 heavy (non-hydrogen) atoms. The van der Waals surface area contributed by atoms with Gasteiger partial charge < -0.3 is 19.9 Å². The fourth-order valence-electron chi connectivity index (χ4n) is 4.23. The molecule has 0 aromatic heterocycles. The van der Waals surface area contributed by atoms with E-state index in [9.17, 15) is 9.59 Å². The van der Waals surface area contributed by atoms with Gasteiger partial charge in [0.05, 0.1) is 12.3 Å². The van der Waals surface area contributed by atoms with Crippen LogP contribution in [0.1, 0.15) is 39.5 Å². The van der Waals surface area contributed by atoms with E-state index >= 15 is 0 Å². The summed E-state index contributed by atoms with van der Waals surface area (Å²) in [7, 11) is 0. The van der Waals surface area contributed by atoms with Crippen molar-refractivity contribution in [3.05, 3.63) is 24.3 Å². The van der Waals surface area contributed by atoms with Gasteiger partial charge in [-0.15, -0.1) is 0 Å². The molecule has 0 spiro atoms. The van der Waals surface area contributed by atoms with Gasteiger partial charge in [-0.2, -0.15) is 0 Å². The number of rotatable bonds is 6. The molecule has 1 N–H and O–H groups in total. The van der Waals surface area contributed by atoms with Crippen LogP contribution in [0.2, 0.25) is 0 Å². The van der Waals surface area contributed by atoms with Gasteiger partial charge in [0.15, 0.2) is 0 Å². The summed E-state index contributed by atoms with van der Waals surface area (Å²) in [6, 6.07) is 7.53. The highest BCUT2D eigenvalue weighted by Gasteiger charge is 2.33. The van der Waals surface area contributed by atoms with E-state index in [4.69, 9.17) is 4.74 Å². The van der Waals surface area contributed by atoms with Crippen molar-refractivity contribution in [3.63, 3.8) is 0 Å². The molecule has 2 amide bonds. The normalized spacial score (nSPS) is 23.3. The van der Waals surface area contributed by atoms with E-state index < -0.39 is 0 Å². The third kappa shape index (κ3) is 5.04. The van der Waals surface area contributed by atoms with Crippen molar-refractivity contribution >= 4 is 17.5 Å². The van der Waals surface area contributed by atoms with Crippen LogP contribution in [0.4, 0.5) is 5.69 Å². The molecule has 0 atom stereocenters. The zero-order valence-electron chi connectivity index (χ0n) is 17.2. The largest absolute Gasteiger partial charge is 0.492 e. The molecular formula is C22H33N3O3. The molecule has 1 aromatic rings. The van der Waals surface area contributed by atoms with Gasteiger partial charge in [-0.05, 0) is 51.3 Å². The number of hydrogen-bond donors (Lipinski definition) is 1. The minimum atomic E-state index is -0.0318. The zero-order chi connectivity index (χ0) is 19.9. The van der Waals surface area contributed by atoms with E-state index in [1.54, 1.807) is 0 Å². The minimum absolute atomic E-state index is 0.0318. The monoisotopic (exact) mass is 387 g/mol. The van der Waals surface area contributed by atoms with E-state index in [2.05, 4.69) is 17.1 Å². The Labute approximate surface area is 168 Å². The maximum atomic E-state index is 12.8. The molecule has 2 fully saturated rings. The molecule has 0 unspecified atom stereocenters. The van der Waals surface area contributed by atoms with Crippen LogP contribution in [0.5, 0.6) is 5.75 Å². The maximum absolute atomic E-state index is 12.8. The fourth-order valence-corrected chi connectivity index (χ4v) is 4.23. The summed E-state index contributed by atoms with van der Waals surface area (Å²) in [5.74, 6) is 1.07. The van der Waals surface area contributed by atoms with Gasteiger partial charge in [0.1, 0.15) is 5.75 Å². The second kappa shape index (κ2) is 9.92. The van der Waals surface area contributed by atoms with Crippen LogP contribution >= 0.6 is 0 Å². The Hall–Kier alpha value is -2.08. The van der Waals surface area contributed by atoms with Crippen molar-refractivity contribution in [2.45, 2.75) is 39.5 Å². The minimum Gasteiger partial charge on any atom is -0.492 e. The van der Waals surface area contributed by atoms with E-state index in [1.807, 2.05) is 36.1 Å². The molecule has 0 bridgehead atoms. The molecule has 6 heteroatoms. The van der Waals surface area contributed by atoms with Gasteiger partial charge in [-0.25, -0.2) is 0 Å². The number of carbonyl (C=O) groups excluding carboxylic acids is 2. The molecule has 1 saturated carbocycles. The lowest BCUT2D eigenvalue weighted by Crippen LogP contribution is -2.50. The lowest BCUT2D eigenvalue weighted by atomic mass is 9.80. The maximum Gasteiger partial charge on any atom is 0.227 e. The molecule has 1 heterocycles. The number of para-hydroxylation sites is 2. The van der Waals surface area contributed by atoms with E-state index in [1.165, 1.54) is 0 Å². The first-order chi connectivity index (χ1) is 13.6. The molecule has 1 aromatic carbocycles. The van der Waals surface area contributed by atoms with Crippen LogP contribution in [-0.4, -0.2) is 60.9 Å². The van der Waals surface area contributed by atoms with Crippen LogP contribution in [0, 0.1) is 11.8 Å². The summed E-state index contributed by atoms with van der Waals surface area (Å²) in [4.78, 5) is 29.9. The highest BCUT2D eigenvalue weighted by atomic mass is 16.5. The molecule has 154 valence electrons. The Bertz CT molecular complexity index is 663. The van der Waals surface area contributed by atoms with Crippen molar-refractivity contribution in [3.8, 4) is 5.75 Å². The molecule has 1 saturated heterocycles. The summed E-state index contributed by atoms with van der Waals surface area (Å²) in [5, 5.41) is 3.02. The number of ether oxygens (including phenoxy) is 1. The summed E-state index contributed by atoms with van der Waals surface area (Å²) >= 11 is 0. The van der Waals surface area contributed by atoms with Crippen molar-refractivity contribution in [1.82, 2.24) is 9.80 Å². The lowest BCUT2D eigenvalue weighted by Gasteiger charge is -2.37. The van der Waals surface area contributed by atoms with Gasteiger partial charge in [-0.3, -0.25) is 9.59 Å². The SMILES string of the molecule is CCOc1ccccc1NC(=O)C1CCC(C(=O)N2CCN(CC)CC2)CC1. The molecule has 2 aliphatic rings. The standard InChI is InChI=1S/C22H33N3O3/c1-3-24-13-15-25(16-14-24)22(27)18-11-9-17(10-12-18)21(26)23-19-7-5-6-8-20(19)28-4-2/h5-8,17-18H,3-4,9-16H2,1-2H3,(H,23,26). The first-order valence-electron chi connectivity index (χ1n) is 10.7. The highest BCUT2D eigenvalue weighted by Crippen LogP contribution is 2.32. The summed E-state index contributed by atoms with van der Waals surface area (Å²) < 4.78 is 5.59. The topological polar surface area (TPSA) is 61.9 Å². The summed E-state index contributed by atoms with van der Waals surface area (Å²) in [6.07, 6.45) is 3.15. The van der Waals surface area contributed by atoms with Crippen molar-refractivity contribution in [1.29, 1.82) is 0 Å². The third-order valence-electron chi connectivity index (χ3n) is 6.02. The summed E-state index contributed by atoms with van der Waals surface area (Å²) in [5.41, 5.74) is 0.723. The Kier molecular flexibility index (Phi) is 7.31. The molecule has 0 radical (unpaired) electrons. The second-order valence-electron chi connectivity index (χ2n) is 7.73. The predicted molar refractivity (Wildman–Crippen MR) is 110 cm³/mol. The van der Waals surface area contributed by atoms with E-state index in [0.29, 0.717) is 12.4 Å². The van der Waals surface area contributed by atoms with Crippen LogP contribution in [-0.2, 0) is 9.59 Å². The number of nitrogens with one attached hydrogen (secondary N) is 1. The molecule has 1 aliphatic heterocycles. The lowest BCUT2D eigenvalue weighted by molar-refractivity contribution is -0.139. The number of amides is 2. The van der Waals surface area contributed by atoms with Gasteiger partial charge in [0.2, 0.25) is 11.8 Å². The number of hydrogen-bond acceptors (Lipinski definition) is 4. The van der Waals surface area contributed by atoms with Crippen LogP contribution in [0.3, 0.4) is 0 Å². The van der Waals surface area contributed by atoms with Crippen molar-refractivity contribution in [2.75, 3.05) is 44.6 Å². The fraction of sp³-hybridized carbons (Fsp3) is 0.636. The quantitative estimate of drug-likeness (QED) is 0.815. The average Bonchev–Trinajstić information content (AvgIpc) is 2.75.